The highest BCUT2D eigenvalue weighted by Crippen LogP contribution is 2.16. The Balaban J connectivity index is 1.89. The largest absolute Gasteiger partial charge is 0.478 e. The topological polar surface area (TPSA) is 50.8 Å². The van der Waals surface area contributed by atoms with Gasteiger partial charge in [0.15, 0.2) is 5.65 Å². The molecule has 0 aliphatic carbocycles. The number of aromatic nitrogens is 3. The third-order valence-electron chi connectivity index (χ3n) is 2.88. The summed E-state index contributed by atoms with van der Waals surface area (Å²) in [6, 6.07) is 14.1. The van der Waals surface area contributed by atoms with Crippen LogP contribution in [0.5, 0.6) is 5.88 Å². The quantitative estimate of drug-likeness (QED) is 0.777. The highest BCUT2D eigenvalue weighted by molar-refractivity contribution is 5.71. The highest BCUT2D eigenvalue weighted by Gasteiger charge is 2.06. The standard InChI is InChI=1S/C15H15N3O/c1-2-19-14-9-8-12-15(18-14)17-13(16-12)10-11-6-4-3-5-7-11/h3-9H,2,10H2,1H3,(H,16,17,18). The summed E-state index contributed by atoms with van der Waals surface area (Å²) in [7, 11) is 0. The zero-order valence-corrected chi connectivity index (χ0v) is 10.8. The Morgan fingerprint density at radius 1 is 1.05 bits per heavy atom. The highest BCUT2D eigenvalue weighted by atomic mass is 16.5. The van der Waals surface area contributed by atoms with Gasteiger partial charge in [0, 0.05) is 12.5 Å². The number of rotatable bonds is 4. The lowest BCUT2D eigenvalue weighted by Gasteiger charge is -1.99. The van der Waals surface area contributed by atoms with Crippen molar-refractivity contribution in [2.75, 3.05) is 6.61 Å². The van der Waals surface area contributed by atoms with Gasteiger partial charge in [0.25, 0.3) is 0 Å². The summed E-state index contributed by atoms with van der Waals surface area (Å²) in [5.74, 6) is 1.54. The molecule has 2 aromatic heterocycles. The van der Waals surface area contributed by atoms with Gasteiger partial charge in [-0.2, -0.15) is 4.98 Å². The van der Waals surface area contributed by atoms with Crippen molar-refractivity contribution in [3.63, 3.8) is 0 Å². The van der Waals surface area contributed by atoms with E-state index in [2.05, 4.69) is 27.1 Å². The Bertz CT molecular complexity index is 676. The van der Waals surface area contributed by atoms with Crippen LogP contribution in [0.3, 0.4) is 0 Å². The molecule has 0 fully saturated rings. The van der Waals surface area contributed by atoms with Crippen LogP contribution in [0.4, 0.5) is 0 Å². The zero-order chi connectivity index (χ0) is 13.1. The van der Waals surface area contributed by atoms with Crippen LogP contribution >= 0.6 is 0 Å². The molecule has 0 saturated heterocycles. The number of pyridine rings is 1. The normalized spacial score (nSPS) is 10.8. The molecule has 1 aromatic carbocycles. The van der Waals surface area contributed by atoms with Crippen molar-refractivity contribution in [2.45, 2.75) is 13.3 Å². The first-order valence-corrected chi connectivity index (χ1v) is 6.37. The van der Waals surface area contributed by atoms with Crippen molar-refractivity contribution >= 4 is 11.2 Å². The predicted octanol–water partition coefficient (Wildman–Crippen LogP) is 2.95. The molecule has 96 valence electrons. The average molecular weight is 253 g/mol. The molecule has 3 aromatic rings. The number of ether oxygens (including phenoxy) is 1. The number of benzene rings is 1. The summed E-state index contributed by atoms with van der Waals surface area (Å²) >= 11 is 0. The Morgan fingerprint density at radius 2 is 1.89 bits per heavy atom. The number of nitrogens with one attached hydrogen (secondary N) is 1. The van der Waals surface area contributed by atoms with Crippen LogP contribution in [-0.4, -0.2) is 21.6 Å². The van der Waals surface area contributed by atoms with E-state index in [1.54, 1.807) is 0 Å². The first kappa shape index (κ1) is 11.7. The molecule has 0 spiro atoms. The molecule has 3 rings (SSSR count). The summed E-state index contributed by atoms with van der Waals surface area (Å²) in [5, 5.41) is 0. The third-order valence-corrected chi connectivity index (χ3v) is 2.88. The van der Waals surface area contributed by atoms with Gasteiger partial charge in [-0.15, -0.1) is 0 Å². The maximum Gasteiger partial charge on any atom is 0.215 e. The van der Waals surface area contributed by atoms with Crippen molar-refractivity contribution in [1.82, 2.24) is 15.0 Å². The molecule has 0 amide bonds. The van der Waals surface area contributed by atoms with Gasteiger partial charge in [-0.25, -0.2) is 4.98 Å². The summed E-state index contributed by atoms with van der Waals surface area (Å²) < 4.78 is 5.38. The Hall–Kier alpha value is -2.36. The molecule has 0 bridgehead atoms. The maximum atomic E-state index is 5.38. The van der Waals surface area contributed by atoms with Gasteiger partial charge < -0.3 is 9.72 Å². The van der Waals surface area contributed by atoms with Crippen molar-refractivity contribution in [3.05, 3.63) is 53.9 Å². The van der Waals surface area contributed by atoms with Gasteiger partial charge in [0.05, 0.1) is 12.1 Å². The lowest BCUT2D eigenvalue weighted by atomic mass is 10.1. The molecule has 0 aliphatic rings. The molecule has 4 nitrogen and oxygen atoms in total. The fraction of sp³-hybridized carbons (Fsp3) is 0.200. The second-order valence-electron chi connectivity index (χ2n) is 4.30. The summed E-state index contributed by atoms with van der Waals surface area (Å²) in [6.45, 7) is 2.55. The summed E-state index contributed by atoms with van der Waals surface area (Å²) in [5.41, 5.74) is 2.87. The van der Waals surface area contributed by atoms with Gasteiger partial charge in [-0.3, -0.25) is 0 Å². The van der Waals surface area contributed by atoms with E-state index < -0.39 is 0 Å². The SMILES string of the molecule is CCOc1ccc2[nH]c(Cc3ccccc3)nc2n1. The van der Waals surface area contributed by atoms with E-state index in [0.717, 1.165) is 17.8 Å². The fourth-order valence-corrected chi connectivity index (χ4v) is 2.03. The van der Waals surface area contributed by atoms with Crippen molar-refractivity contribution in [3.8, 4) is 5.88 Å². The first-order valence-electron chi connectivity index (χ1n) is 6.37. The van der Waals surface area contributed by atoms with Crippen LogP contribution in [0, 0.1) is 0 Å². The zero-order valence-electron chi connectivity index (χ0n) is 10.8. The number of hydrogen-bond donors (Lipinski definition) is 1. The minimum absolute atomic E-state index is 0.611. The van der Waals surface area contributed by atoms with E-state index >= 15 is 0 Å². The second-order valence-corrected chi connectivity index (χ2v) is 4.30. The monoisotopic (exact) mass is 253 g/mol. The Labute approximate surface area is 111 Å². The number of imidazole rings is 1. The van der Waals surface area contributed by atoms with Gasteiger partial charge in [0.2, 0.25) is 5.88 Å². The Morgan fingerprint density at radius 3 is 2.68 bits per heavy atom. The maximum absolute atomic E-state index is 5.38. The van der Waals surface area contributed by atoms with Crippen LogP contribution in [0.25, 0.3) is 11.2 Å². The molecule has 19 heavy (non-hydrogen) atoms. The van der Waals surface area contributed by atoms with E-state index in [-0.39, 0.29) is 0 Å². The predicted molar refractivity (Wildman–Crippen MR) is 74.3 cm³/mol. The van der Waals surface area contributed by atoms with Crippen LogP contribution in [-0.2, 0) is 6.42 Å². The number of nitrogens with zero attached hydrogens (tertiary/aromatic N) is 2. The summed E-state index contributed by atoms with van der Waals surface area (Å²) in [4.78, 5) is 12.2. The molecule has 2 heterocycles. The van der Waals surface area contributed by atoms with Gasteiger partial charge >= 0.3 is 0 Å². The third kappa shape index (κ3) is 2.57. The lowest BCUT2D eigenvalue weighted by Crippen LogP contribution is -1.93. The van der Waals surface area contributed by atoms with E-state index in [0.29, 0.717) is 18.1 Å². The van der Waals surface area contributed by atoms with E-state index in [4.69, 9.17) is 4.74 Å². The van der Waals surface area contributed by atoms with E-state index in [9.17, 15) is 0 Å². The minimum atomic E-state index is 0.611. The van der Waals surface area contributed by atoms with Crippen LogP contribution in [0.15, 0.2) is 42.5 Å². The number of H-pyrrole nitrogens is 1. The lowest BCUT2D eigenvalue weighted by molar-refractivity contribution is 0.328. The van der Waals surface area contributed by atoms with Gasteiger partial charge in [0.1, 0.15) is 5.82 Å². The molecule has 1 N–H and O–H groups in total. The summed E-state index contributed by atoms with van der Waals surface area (Å²) in [6.07, 6.45) is 0.779. The van der Waals surface area contributed by atoms with E-state index in [1.165, 1.54) is 5.56 Å². The first-order chi connectivity index (χ1) is 9.35. The van der Waals surface area contributed by atoms with Crippen molar-refractivity contribution in [1.29, 1.82) is 0 Å². The van der Waals surface area contributed by atoms with Gasteiger partial charge in [-0.1, -0.05) is 30.3 Å². The van der Waals surface area contributed by atoms with Crippen molar-refractivity contribution < 1.29 is 4.74 Å². The molecule has 4 heteroatoms. The fourth-order valence-electron chi connectivity index (χ4n) is 2.03. The van der Waals surface area contributed by atoms with Crippen LogP contribution in [0.2, 0.25) is 0 Å². The Kier molecular flexibility index (Phi) is 3.14. The average Bonchev–Trinajstić information content (AvgIpc) is 2.82. The molecule has 0 unspecified atom stereocenters. The van der Waals surface area contributed by atoms with Gasteiger partial charge in [-0.05, 0) is 18.6 Å². The molecular weight excluding hydrogens is 238 g/mol. The minimum Gasteiger partial charge on any atom is -0.478 e. The number of aromatic amines is 1. The van der Waals surface area contributed by atoms with Crippen LogP contribution in [0.1, 0.15) is 18.3 Å². The molecule has 0 saturated carbocycles. The molecule has 0 atom stereocenters. The molecule has 0 aliphatic heterocycles. The second kappa shape index (κ2) is 5.10. The number of fused-ring (bicyclic) bond motifs is 1. The van der Waals surface area contributed by atoms with Crippen LogP contribution < -0.4 is 4.74 Å². The van der Waals surface area contributed by atoms with E-state index in [1.807, 2.05) is 37.3 Å². The molecule has 0 radical (unpaired) electrons. The molecular formula is C15H15N3O. The smallest absolute Gasteiger partial charge is 0.215 e. The number of hydrogen-bond acceptors (Lipinski definition) is 3. The van der Waals surface area contributed by atoms with Crippen molar-refractivity contribution in [2.24, 2.45) is 0 Å².